The molecule has 1 amide bonds. The number of anilines is 2. The number of hydrogen-bond acceptors (Lipinski definition) is 4. The molecule has 0 radical (unpaired) electrons. The van der Waals surface area contributed by atoms with Crippen LogP contribution in [0.25, 0.3) is 0 Å². The van der Waals surface area contributed by atoms with E-state index in [2.05, 4.69) is 10.0 Å². The maximum absolute atomic E-state index is 13.3. The molecular formula is C21H17F3N2O4S. The Morgan fingerprint density at radius 3 is 2.32 bits per heavy atom. The number of carbonyl (C=O) groups excluding carboxylic acids is 1. The normalized spacial score (nSPS) is 11.6. The number of halogens is 3. The summed E-state index contributed by atoms with van der Waals surface area (Å²) in [7, 11) is -3.17. The molecule has 0 spiro atoms. The summed E-state index contributed by atoms with van der Waals surface area (Å²) in [6.45, 7) is 0. The molecule has 0 aliphatic carbocycles. The summed E-state index contributed by atoms with van der Waals surface area (Å²) >= 11 is 0. The van der Waals surface area contributed by atoms with Crippen LogP contribution in [0.3, 0.4) is 0 Å². The number of amides is 1. The van der Waals surface area contributed by atoms with Crippen molar-refractivity contribution in [3.8, 4) is 5.75 Å². The molecule has 0 saturated heterocycles. The quantitative estimate of drug-likeness (QED) is 0.567. The number of rotatable bonds is 6. The standard InChI is InChI=1S/C21H17F3N2O4S/c1-30-15-8-6-7-14(13-15)25-20(27)16-9-2-4-11-18(16)26-31(28,29)19-12-5-3-10-17(19)21(22,23)24/h2-13,26H,1H3,(H,25,27). The first kappa shape index (κ1) is 22.2. The number of para-hydroxylation sites is 1. The van der Waals surface area contributed by atoms with Crippen molar-refractivity contribution >= 4 is 27.3 Å². The van der Waals surface area contributed by atoms with E-state index in [-0.39, 0.29) is 11.3 Å². The van der Waals surface area contributed by atoms with E-state index in [9.17, 15) is 26.4 Å². The second-order valence-corrected chi connectivity index (χ2v) is 7.98. The summed E-state index contributed by atoms with van der Waals surface area (Å²) in [6, 6.07) is 15.9. The van der Waals surface area contributed by atoms with E-state index in [1.54, 1.807) is 24.3 Å². The molecule has 0 heterocycles. The van der Waals surface area contributed by atoms with Gasteiger partial charge in [0, 0.05) is 11.8 Å². The lowest BCUT2D eigenvalue weighted by Gasteiger charge is -2.16. The predicted molar refractivity (Wildman–Crippen MR) is 110 cm³/mol. The fraction of sp³-hybridized carbons (Fsp3) is 0.0952. The number of carbonyl (C=O) groups is 1. The van der Waals surface area contributed by atoms with Crippen molar-refractivity contribution in [1.29, 1.82) is 0 Å². The van der Waals surface area contributed by atoms with Crippen LogP contribution in [0.4, 0.5) is 24.5 Å². The minimum atomic E-state index is -4.87. The number of benzene rings is 3. The molecule has 6 nitrogen and oxygen atoms in total. The lowest BCUT2D eigenvalue weighted by Crippen LogP contribution is -2.21. The average molecular weight is 450 g/mol. The highest BCUT2D eigenvalue weighted by atomic mass is 32.2. The molecule has 10 heteroatoms. The fourth-order valence-corrected chi connectivity index (χ4v) is 4.11. The van der Waals surface area contributed by atoms with Gasteiger partial charge >= 0.3 is 6.18 Å². The highest BCUT2D eigenvalue weighted by Gasteiger charge is 2.37. The molecule has 2 N–H and O–H groups in total. The lowest BCUT2D eigenvalue weighted by molar-refractivity contribution is -0.139. The van der Waals surface area contributed by atoms with E-state index >= 15 is 0 Å². The molecule has 3 aromatic rings. The van der Waals surface area contributed by atoms with Gasteiger partial charge in [-0.15, -0.1) is 0 Å². The van der Waals surface area contributed by atoms with Gasteiger partial charge in [0.15, 0.2) is 0 Å². The smallest absolute Gasteiger partial charge is 0.417 e. The van der Waals surface area contributed by atoms with E-state index in [1.807, 2.05) is 0 Å². The molecule has 3 aromatic carbocycles. The molecule has 0 unspecified atom stereocenters. The molecule has 0 atom stereocenters. The monoisotopic (exact) mass is 450 g/mol. The van der Waals surface area contributed by atoms with Crippen molar-refractivity contribution in [2.24, 2.45) is 0 Å². The van der Waals surface area contributed by atoms with E-state index in [0.717, 1.165) is 12.1 Å². The van der Waals surface area contributed by atoms with Gasteiger partial charge in [-0.1, -0.05) is 30.3 Å². The number of sulfonamides is 1. The molecule has 0 saturated carbocycles. The first-order valence-electron chi connectivity index (χ1n) is 8.85. The third-order valence-electron chi connectivity index (χ3n) is 4.23. The Bertz CT molecular complexity index is 1210. The third-order valence-corrected chi connectivity index (χ3v) is 5.65. The predicted octanol–water partition coefficient (Wildman–Crippen LogP) is 4.77. The van der Waals surface area contributed by atoms with Crippen LogP contribution in [0.1, 0.15) is 15.9 Å². The SMILES string of the molecule is COc1cccc(NC(=O)c2ccccc2NS(=O)(=O)c2ccccc2C(F)(F)F)c1. The molecular weight excluding hydrogens is 433 g/mol. The highest BCUT2D eigenvalue weighted by Crippen LogP contribution is 2.35. The van der Waals surface area contributed by atoms with Gasteiger partial charge in [-0.2, -0.15) is 13.2 Å². The minimum Gasteiger partial charge on any atom is -0.497 e. The van der Waals surface area contributed by atoms with Gasteiger partial charge in [-0.05, 0) is 36.4 Å². The van der Waals surface area contributed by atoms with Crippen molar-refractivity contribution in [2.45, 2.75) is 11.1 Å². The Labute approximate surface area is 176 Å². The Hall–Kier alpha value is -3.53. The van der Waals surface area contributed by atoms with Crippen LogP contribution in [0.2, 0.25) is 0 Å². The number of hydrogen-bond donors (Lipinski definition) is 2. The van der Waals surface area contributed by atoms with E-state index in [0.29, 0.717) is 17.5 Å². The first-order chi connectivity index (χ1) is 14.6. The Morgan fingerprint density at radius 2 is 1.61 bits per heavy atom. The molecule has 0 fully saturated rings. The molecule has 0 aliphatic rings. The summed E-state index contributed by atoms with van der Waals surface area (Å²) in [5.74, 6) is -0.161. The van der Waals surface area contributed by atoms with Gasteiger partial charge in [-0.25, -0.2) is 8.42 Å². The molecule has 0 bridgehead atoms. The van der Waals surface area contributed by atoms with Gasteiger partial charge in [0.25, 0.3) is 15.9 Å². The van der Waals surface area contributed by atoms with Crippen molar-refractivity contribution in [1.82, 2.24) is 0 Å². The van der Waals surface area contributed by atoms with E-state index < -0.39 is 32.6 Å². The topological polar surface area (TPSA) is 84.5 Å². The van der Waals surface area contributed by atoms with Crippen molar-refractivity contribution < 1.29 is 31.1 Å². The van der Waals surface area contributed by atoms with Gasteiger partial charge in [0.1, 0.15) is 5.75 Å². The largest absolute Gasteiger partial charge is 0.497 e. The molecule has 162 valence electrons. The number of ether oxygens (including phenoxy) is 1. The van der Waals surface area contributed by atoms with E-state index in [4.69, 9.17) is 4.74 Å². The van der Waals surface area contributed by atoms with Gasteiger partial charge in [0.05, 0.1) is 28.8 Å². The van der Waals surface area contributed by atoms with Crippen LogP contribution in [0.15, 0.2) is 77.7 Å². The Kier molecular flexibility index (Phi) is 6.21. The lowest BCUT2D eigenvalue weighted by atomic mass is 10.1. The van der Waals surface area contributed by atoms with Crippen LogP contribution in [-0.2, 0) is 16.2 Å². The summed E-state index contributed by atoms with van der Waals surface area (Å²) in [6.07, 6.45) is -4.87. The summed E-state index contributed by atoms with van der Waals surface area (Å²) in [5.41, 5.74) is -1.15. The Morgan fingerprint density at radius 1 is 0.935 bits per heavy atom. The zero-order valence-electron chi connectivity index (χ0n) is 16.1. The van der Waals surface area contributed by atoms with Crippen LogP contribution < -0.4 is 14.8 Å². The molecule has 0 aliphatic heterocycles. The minimum absolute atomic E-state index is 0.0709. The van der Waals surface area contributed by atoms with Crippen molar-refractivity contribution in [3.05, 3.63) is 83.9 Å². The second-order valence-electron chi connectivity index (χ2n) is 6.33. The number of nitrogens with one attached hydrogen (secondary N) is 2. The zero-order chi connectivity index (χ0) is 22.6. The maximum atomic E-state index is 13.3. The average Bonchev–Trinajstić information content (AvgIpc) is 2.73. The maximum Gasteiger partial charge on any atom is 0.417 e. The molecule has 31 heavy (non-hydrogen) atoms. The summed E-state index contributed by atoms with van der Waals surface area (Å²) < 4.78 is 72.4. The summed E-state index contributed by atoms with van der Waals surface area (Å²) in [4.78, 5) is 11.8. The zero-order valence-corrected chi connectivity index (χ0v) is 16.9. The fourth-order valence-electron chi connectivity index (χ4n) is 2.80. The van der Waals surface area contributed by atoms with E-state index in [1.165, 1.54) is 37.4 Å². The van der Waals surface area contributed by atoms with Crippen molar-refractivity contribution in [2.75, 3.05) is 17.1 Å². The van der Waals surface area contributed by atoms with Crippen LogP contribution in [0, 0.1) is 0 Å². The number of alkyl halides is 3. The second kappa shape index (κ2) is 8.68. The summed E-state index contributed by atoms with van der Waals surface area (Å²) in [5, 5.41) is 2.60. The van der Waals surface area contributed by atoms with Crippen LogP contribution in [-0.4, -0.2) is 21.4 Å². The highest BCUT2D eigenvalue weighted by molar-refractivity contribution is 7.92. The van der Waals surface area contributed by atoms with Crippen molar-refractivity contribution in [3.63, 3.8) is 0 Å². The van der Waals surface area contributed by atoms with Crippen LogP contribution in [0.5, 0.6) is 5.75 Å². The number of methoxy groups -OCH3 is 1. The first-order valence-corrected chi connectivity index (χ1v) is 10.3. The van der Waals surface area contributed by atoms with Gasteiger partial charge < -0.3 is 10.1 Å². The molecule has 0 aromatic heterocycles. The van der Waals surface area contributed by atoms with Crippen LogP contribution >= 0.6 is 0 Å². The Balaban J connectivity index is 1.93. The van der Waals surface area contributed by atoms with Gasteiger partial charge in [-0.3, -0.25) is 9.52 Å². The third kappa shape index (κ3) is 5.15. The van der Waals surface area contributed by atoms with Gasteiger partial charge in [0.2, 0.25) is 0 Å². The molecule has 3 rings (SSSR count).